The van der Waals surface area contributed by atoms with Crippen molar-refractivity contribution in [1.29, 1.82) is 0 Å². The predicted molar refractivity (Wildman–Crippen MR) is 115 cm³/mol. The number of amides is 2. The standard InChI is InChI=1S/C23H17F3N4O4/c1-12-11-17(31)19(29-30(12)16-9-5-4-8-15(16)23(24,25)26)21(32)27-28-22(33)20-13(2)14-7-3-6-10-18(14)34-20/h3-11H,1-2H3,(H,27,32)(H,28,33). The Morgan fingerprint density at radius 2 is 1.62 bits per heavy atom. The van der Waals surface area contributed by atoms with Gasteiger partial charge in [0.25, 0.3) is 5.91 Å². The zero-order chi connectivity index (χ0) is 24.6. The van der Waals surface area contributed by atoms with Crippen molar-refractivity contribution in [2.75, 3.05) is 0 Å². The van der Waals surface area contributed by atoms with Crippen LogP contribution in [0.15, 0.2) is 63.8 Å². The number of rotatable bonds is 3. The number of nitrogens with one attached hydrogen (secondary N) is 2. The summed E-state index contributed by atoms with van der Waals surface area (Å²) in [6, 6.07) is 12.6. The second-order valence-corrected chi connectivity index (χ2v) is 7.39. The maximum atomic E-state index is 13.4. The third-order valence-electron chi connectivity index (χ3n) is 5.10. The fourth-order valence-electron chi connectivity index (χ4n) is 3.47. The summed E-state index contributed by atoms with van der Waals surface area (Å²) >= 11 is 0. The number of benzene rings is 2. The number of alkyl halides is 3. The van der Waals surface area contributed by atoms with Crippen molar-refractivity contribution in [3.8, 4) is 5.69 Å². The van der Waals surface area contributed by atoms with Crippen molar-refractivity contribution in [2.45, 2.75) is 20.0 Å². The molecule has 8 nitrogen and oxygen atoms in total. The number of hydrogen-bond donors (Lipinski definition) is 2. The summed E-state index contributed by atoms with van der Waals surface area (Å²) in [5, 5.41) is 4.55. The smallest absolute Gasteiger partial charge is 0.418 e. The number of para-hydroxylation sites is 2. The Balaban J connectivity index is 1.62. The van der Waals surface area contributed by atoms with E-state index in [-0.39, 0.29) is 17.1 Å². The average molecular weight is 470 g/mol. The number of halogens is 3. The van der Waals surface area contributed by atoms with Crippen LogP contribution in [0.5, 0.6) is 0 Å². The van der Waals surface area contributed by atoms with Gasteiger partial charge in [0.2, 0.25) is 5.43 Å². The first-order valence-corrected chi connectivity index (χ1v) is 9.94. The van der Waals surface area contributed by atoms with Gasteiger partial charge in [-0.3, -0.25) is 25.2 Å². The Bertz CT molecular complexity index is 1490. The maximum absolute atomic E-state index is 13.4. The number of fused-ring (bicyclic) bond motifs is 1. The number of aromatic nitrogens is 2. The van der Waals surface area contributed by atoms with Gasteiger partial charge in [-0.2, -0.15) is 18.3 Å². The van der Waals surface area contributed by atoms with E-state index in [4.69, 9.17) is 4.42 Å². The van der Waals surface area contributed by atoms with Crippen molar-refractivity contribution in [2.24, 2.45) is 0 Å². The largest absolute Gasteiger partial charge is 0.451 e. The van der Waals surface area contributed by atoms with Crippen molar-refractivity contribution in [1.82, 2.24) is 20.6 Å². The van der Waals surface area contributed by atoms with Crippen molar-refractivity contribution >= 4 is 22.8 Å². The topological polar surface area (TPSA) is 106 Å². The van der Waals surface area contributed by atoms with E-state index in [1.807, 2.05) is 0 Å². The first kappa shape index (κ1) is 22.8. The lowest BCUT2D eigenvalue weighted by molar-refractivity contribution is -0.137. The predicted octanol–water partition coefficient (Wildman–Crippen LogP) is 3.69. The summed E-state index contributed by atoms with van der Waals surface area (Å²) in [5.41, 5.74) is 2.41. The number of furan rings is 1. The first-order valence-electron chi connectivity index (χ1n) is 9.94. The van der Waals surface area contributed by atoms with Crippen molar-refractivity contribution in [3.05, 3.63) is 93.1 Å². The van der Waals surface area contributed by atoms with E-state index in [1.54, 1.807) is 31.2 Å². The SMILES string of the molecule is Cc1c(C(=O)NNC(=O)c2nn(-c3ccccc3C(F)(F)F)c(C)cc2=O)oc2ccccc12. The Kier molecular flexibility index (Phi) is 5.70. The number of carbonyl (C=O) groups excluding carboxylic acids is 2. The molecule has 4 aromatic rings. The van der Waals surface area contributed by atoms with E-state index in [1.165, 1.54) is 25.1 Å². The summed E-state index contributed by atoms with van der Waals surface area (Å²) in [5.74, 6) is -1.93. The molecule has 0 bridgehead atoms. The van der Waals surface area contributed by atoms with Crippen LogP contribution in [0.25, 0.3) is 16.7 Å². The molecule has 2 aromatic carbocycles. The molecular weight excluding hydrogens is 453 g/mol. The van der Waals surface area contributed by atoms with Crippen molar-refractivity contribution < 1.29 is 27.2 Å². The van der Waals surface area contributed by atoms with Crippen molar-refractivity contribution in [3.63, 3.8) is 0 Å². The minimum Gasteiger partial charge on any atom is -0.451 e. The lowest BCUT2D eigenvalue weighted by atomic mass is 10.1. The number of hydrazine groups is 1. The molecule has 174 valence electrons. The van der Waals surface area contributed by atoms with Gasteiger partial charge in [-0.1, -0.05) is 30.3 Å². The first-order chi connectivity index (χ1) is 16.1. The monoisotopic (exact) mass is 470 g/mol. The van der Waals surface area contributed by atoms with Gasteiger partial charge in [-0.05, 0) is 32.0 Å². The lowest BCUT2D eigenvalue weighted by Crippen LogP contribution is -2.44. The average Bonchev–Trinajstić information content (AvgIpc) is 3.13. The highest BCUT2D eigenvalue weighted by molar-refractivity contribution is 6.00. The molecule has 0 unspecified atom stereocenters. The molecule has 0 spiro atoms. The Morgan fingerprint density at radius 1 is 0.971 bits per heavy atom. The summed E-state index contributed by atoms with van der Waals surface area (Å²) in [4.78, 5) is 37.4. The van der Waals surface area contributed by atoms with E-state index in [9.17, 15) is 27.6 Å². The van der Waals surface area contributed by atoms with Gasteiger partial charge in [0.1, 0.15) is 5.58 Å². The van der Waals surface area contributed by atoms with Crippen LogP contribution >= 0.6 is 0 Å². The van der Waals surface area contributed by atoms with Crippen LogP contribution in [0.2, 0.25) is 0 Å². The highest BCUT2D eigenvalue weighted by atomic mass is 19.4. The minimum atomic E-state index is -4.69. The fraction of sp³-hybridized carbons (Fsp3) is 0.130. The summed E-state index contributed by atoms with van der Waals surface area (Å²) in [6.07, 6.45) is -4.69. The Morgan fingerprint density at radius 3 is 2.32 bits per heavy atom. The molecule has 0 saturated carbocycles. The zero-order valence-electron chi connectivity index (χ0n) is 17.9. The molecule has 34 heavy (non-hydrogen) atoms. The third kappa shape index (κ3) is 4.15. The van der Waals surface area contributed by atoms with Gasteiger partial charge in [-0.15, -0.1) is 0 Å². The van der Waals surface area contributed by atoms with E-state index in [0.29, 0.717) is 16.5 Å². The molecule has 2 aromatic heterocycles. The van der Waals surface area contributed by atoms with Gasteiger partial charge >= 0.3 is 12.1 Å². The molecule has 2 amide bonds. The zero-order valence-corrected chi connectivity index (χ0v) is 17.9. The van der Waals surface area contributed by atoms with Gasteiger partial charge in [-0.25, -0.2) is 4.68 Å². The third-order valence-corrected chi connectivity index (χ3v) is 5.10. The lowest BCUT2D eigenvalue weighted by Gasteiger charge is -2.16. The molecule has 0 radical (unpaired) electrons. The summed E-state index contributed by atoms with van der Waals surface area (Å²) < 4.78 is 46.7. The molecule has 2 heterocycles. The Labute approximate surface area is 190 Å². The molecule has 0 aliphatic heterocycles. The number of aryl methyl sites for hydroxylation is 2. The van der Waals surface area contributed by atoms with E-state index in [2.05, 4.69) is 16.0 Å². The molecule has 0 aliphatic carbocycles. The van der Waals surface area contributed by atoms with Crippen LogP contribution in [0.3, 0.4) is 0 Å². The molecule has 0 saturated heterocycles. The molecular formula is C23H17F3N4O4. The van der Waals surface area contributed by atoms with Crippen LogP contribution in [0.1, 0.15) is 37.9 Å². The molecule has 2 N–H and O–H groups in total. The second kappa shape index (κ2) is 8.50. The summed E-state index contributed by atoms with van der Waals surface area (Å²) in [7, 11) is 0. The molecule has 4 rings (SSSR count). The van der Waals surface area contributed by atoms with E-state index in [0.717, 1.165) is 16.8 Å². The molecule has 11 heteroatoms. The summed E-state index contributed by atoms with van der Waals surface area (Å²) in [6.45, 7) is 3.05. The Hall–Kier alpha value is -4.41. The van der Waals surface area contributed by atoms with Gasteiger partial charge in [0, 0.05) is 22.7 Å². The number of hydrogen-bond acceptors (Lipinski definition) is 5. The van der Waals surface area contributed by atoms with Crippen LogP contribution in [0, 0.1) is 13.8 Å². The highest BCUT2D eigenvalue weighted by Crippen LogP contribution is 2.33. The minimum absolute atomic E-state index is 0.0464. The maximum Gasteiger partial charge on any atom is 0.418 e. The second-order valence-electron chi connectivity index (χ2n) is 7.39. The quantitative estimate of drug-likeness (QED) is 0.445. The van der Waals surface area contributed by atoms with Gasteiger partial charge < -0.3 is 4.42 Å². The van der Waals surface area contributed by atoms with Crippen LogP contribution in [0.4, 0.5) is 13.2 Å². The number of carbonyl (C=O) groups is 2. The van der Waals surface area contributed by atoms with Gasteiger partial charge in [0.05, 0.1) is 11.3 Å². The van der Waals surface area contributed by atoms with E-state index < -0.39 is 34.7 Å². The molecule has 0 atom stereocenters. The van der Waals surface area contributed by atoms with Crippen LogP contribution in [-0.4, -0.2) is 21.6 Å². The number of nitrogens with zero attached hydrogens (tertiary/aromatic N) is 2. The van der Waals surface area contributed by atoms with Crippen LogP contribution < -0.4 is 16.3 Å². The molecule has 0 aliphatic rings. The van der Waals surface area contributed by atoms with Crippen LogP contribution in [-0.2, 0) is 6.18 Å². The van der Waals surface area contributed by atoms with E-state index >= 15 is 0 Å². The van der Waals surface area contributed by atoms with Gasteiger partial charge in [0.15, 0.2) is 11.5 Å². The fourth-order valence-corrected chi connectivity index (χ4v) is 3.47. The highest BCUT2D eigenvalue weighted by Gasteiger charge is 2.34. The molecule has 0 fully saturated rings. The normalized spacial score (nSPS) is 11.4.